The van der Waals surface area contributed by atoms with Gasteiger partial charge in [-0.05, 0) is 19.1 Å². The van der Waals surface area contributed by atoms with Gasteiger partial charge in [0.1, 0.15) is 11.6 Å². The van der Waals surface area contributed by atoms with E-state index in [1.807, 2.05) is 0 Å². The van der Waals surface area contributed by atoms with Gasteiger partial charge < -0.3 is 10.5 Å². The fourth-order valence-electron chi connectivity index (χ4n) is 1.43. The summed E-state index contributed by atoms with van der Waals surface area (Å²) < 4.78 is 19.0. The summed E-state index contributed by atoms with van der Waals surface area (Å²) in [5, 5.41) is 0. The molecule has 2 rings (SSSR count). The van der Waals surface area contributed by atoms with Crippen LogP contribution in [0.2, 0.25) is 0 Å². The molecule has 0 saturated heterocycles. The molecule has 0 bridgehead atoms. The molecular weight excluding hydrogens is 221 g/mol. The molecular formula is C12H12FN3O. The van der Waals surface area contributed by atoms with Crippen LogP contribution in [0.3, 0.4) is 0 Å². The largest absolute Gasteiger partial charge is 0.437 e. The van der Waals surface area contributed by atoms with E-state index in [1.165, 1.54) is 12.3 Å². The second-order valence-electron chi connectivity index (χ2n) is 3.47. The van der Waals surface area contributed by atoms with Gasteiger partial charge >= 0.3 is 0 Å². The Labute approximate surface area is 98.3 Å². The number of rotatable bonds is 3. The molecule has 0 fully saturated rings. The Morgan fingerprint density at radius 1 is 1.29 bits per heavy atom. The predicted molar refractivity (Wildman–Crippen MR) is 61.1 cm³/mol. The van der Waals surface area contributed by atoms with Gasteiger partial charge in [-0.3, -0.25) is 4.98 Å². The highest BCUT2D eigenvalue weighted by molar-refractivity contribution is 5.37. The van der Waals surface area contributed by atoms with E-state index in [0.717, 1.165) is 0 Å². The summed E-state index contributed by atoms with van der Waals surface area (Å²) in [4.78, 5) is 8.07. The highest BCUT2D eigenvalue weighted by Gasteiger charge is 2.10. The maximum Gasteiger partial charge on any atom is 0.240 e. The van der Waals surface area contributed by atoms with Crippen LogP contribution in [0.4, 0.5) is 4.39 Å². The fourth-order valence-corrected chi connectivity index (χ4v) is 1.43. The molecule has 0 spiro atoms. The number of aryl methyl sites for hydroxylation is 1. The summed E-state index contributed by atoms with van der Waals surface area (Å²) >= 11 is 0. The van der Waals surface area contributed by atoms with E-state index in [0.29, 0.717) is 22.9 Å². The third kappa shape index (κ3) is 2.39. The lowest BCUT2D eigenvalue weighted by atomic mass is 10.2. The van der Waals surface area contributed by atoms with Crippen LogP contribution >= 0.6 is 0 Å². The van der Waals surface area contributed by atoms with Crippen LogP contribution < -0.4 is 10.5 Å². The Morgan fingerprint density at radius 3 is 2.76 bits per heavy atom. The number of hydrogen-bond acceptors (Lipinski definition) is 4. The molecule has 1 aromatic heterocycles. The number of hydrogen-bond donors (Lipinski definition) is 1. The molecule has 5 heteroatoms. The molecule has 88 valence electrons. The molecule has 0 saturated carbocycles. The highest BCUT2D eigenvalue weighted by atomic mass is 19.1. The number of aromatic nitrogens is 2. The van der Waals surface area contributed by atoms with Crippen molar-refractivity contribution in [1.29, 1.82) is 0 Å². The van der Waals surface area contributed by atoms with Crippen molar-refractivity contribution in [2.24, 2.45) is 5.73 Å². The topological polar surface area (TPSA) is 61.0 Å². The summed E-state index contributed by atoms with van der Waals surface area (Å²) in [5.41, 5.74) is 6.46. The quantitative estimate of drug-likeness (QED) is 0.882. The first-order valence-corrected chi connectivity index (χ1v) is 5.15. The number of halogens is 1. The number of ether oxygens (including phenoxy) is 1. The lowest BCUT2D eigenvalue weighted by molar-refractivity contribution is 0.443. The van der Waals surface area contributed by atoms with Crippen LogP contribution in [0.1, 0.15) is 11.3 Å². The van der Waals surface area contributed by atoms with Gasteiger partial charge in [0.25, 0.3) is 0 Å². The first-order chi connectivity index (χ1) is 8.22. The van der Waals surface area contributed by atoms with Gasteiger partial charge in [0, 0.05) is 24.5 Å². The summed E-state index contributed by atoms with van der Waals surface area (Å²) in [5.74, 6) is 0.343. The standard InChI is InChI=1S/C12H12FN3O/c1-8-12(16-6-5-15-8)17-11-4-2-3-10(13)9(11)7-14/h2-6H,7,14H2,1H3. The van der Waals surface area contributed by atoms with E-state index in [9.17, 15) is 4.39 Å². The van der Waals surface area contributed by atoms with Crippen molar-refractivity contribution in [3.8, 4) is 11.6 Å². The third-order valence-corrected chi connectivity index (χ3v) is 2.32. The van der Waals surface area contributed by atoms with Gasteiger partial charge in [-0.1, -0.05) is 6.07 Å². The Kier molecular flexibility index (Phi) is 3.30. The van der Waals surface area contributed by atoms with E-state index in [1.54, 1.807) is 25.3 Å². The molecule has 17 heavy (non-hydrogen) atoms. The fraction of sp³-hybridized carbons (Fsp3) is 0.167. The molecule has 0 radical (unpaired) electrons. The van der Waals surface area contributed by atoms with Crippen molar-refractivity contribution in [3.05, 3.63) is 47.7 Å². The molecule has 1 heterocycles. The van der Waals surface area contributed by atoms with Crippen molar-refractivity contribution in [1.82, 2.24) is 9.97 Å². The average molecular weight is 233 g/mol. The Morgan fingerprint density at radius 2 is 2.06 bits per heavy atom. The van der Waals surface area contributed by atoms with Gasteiger partial charge in [-0.2, -0.15) is 0 Å². The Balaban J connectivity index is 2.37. The normalized spacial score (nSPS) is 10.3. The number of benzene rings is 1. The molecule has 0 aliphatic rings. The van der Waals surface area contributed by atoms with Crippen LogP contribution in [0.5, 0.6) is 11.6 Å². The Bertz CT molecular complexity index is 531. The van der Waals surface area contributed by atoms with Gasteiger partial charge in [-0.15, -0.1) is 0 Å². The first kappa shape index (κ1) is 11.5. The van der Waals surface area contributed by atoms with Crippen LogP contribution in [-0.4, -0.2) is 9.97 Å². The second kappa shape index (κ2) is 4.88. The molecule has 0 aliphatic heterocycles. The second-order valence-corrected chi connectivity index (χ2v) is 3.47. The van der Waals surface area contributed by atoms with Gasteiger partial charge in [-0.25, -0.2) is 9.37 Å². The van der Waals surface area contributed by atoms with Crippen molar-refractivity contribution < 1.29 is 9.13 Å². The van der Waals surface area contributed by atoms with E-state index in [-0.39, 0.29) is 12.4 Å². The third-order valence-electron chi connectivity index (χ3n) is 2.32. The lowest BCUT2D eigenvalue weighted by Gasteiger charge is -2.10. The summed E-state index contributed by atoms with van der Waals surface area (Å²) in [6, 6.07) is 4.56. The predicted octanol–water partition coefficient (Wildman–Crippen LogP) is 2.18. The van der Waals surface area contributed by atoms with Gasteiger partial charge in [0.05, 0.1) is 5.69 Å². The molecule has 1 aromatic carbocycles. The van der Waals surface area contributed by atoms with E-state index < -0.39 is 0 Å². The van der Waals surface area contributed by atoms with Crippen molar-refractivity contribution in [2.75, 3.05) is 0 Å². The van der Waals surface area contributed by atoms with Crippen molar-refractivity contribution in [2.45, 2.75) is 13.5 Å². The minimum Gasteiger partial charge on any atom is -0.437 e. The summed E-state index contributed by atoms with van der Waals surface area (Å²) in [6.07, 6.45) is 3.08. The summed E-state index contributed by atoms with van der Waals surface area (Å²) in [7, 11) is 0. The number of nitrogens with zero attached hydrogens (tertiary/aromatic N) is 2. The van der Waals surface area contributed by atoms with Crippen LogP contribution in [0.15, 0.2) is 30.6 Å². The lowest BCUT2D eigenvalue weighted by Crippen LogP contribution is -2.03. The first-order valence-electron chi connectivity index (χ1n) is 5.15. The van der Waals surface area contributed by atoms with E-state index >= 15 is 0 Å². The smallest absolute Gasteiger partial charge is 0.240 e. The number of nitrogens with two attached hydrogens (primary N) is 1. The molecule has 0 amide bonds. The molecule has 0 atom stereocenters. The minimum atomic E-state index is -0.383. The minimum absolute atomic E-state index is 0.0708. The zero-order chi connectivity index (χ0) is 12.3. The zero-order valence-corrected chi connectivity index (χ0v) is 9.35. The average Bonchev–Trinajstić information content (AvgIpc) is 2.32. The van der Waals surface area contributed by atoms with Crippen molar-refractivity contribution >= 4 is 0 Å². The van der Waals surface area contributed by atoms with Crippen LogP contribution in [0, 0.1) is 12.7 Å². The van der Waals surface area contributed by atoms with Gasteiger partial charge in [0.15, 0.2) is 0 Å². The maximum atomic E-state index is 13.5. The Hall–Kier alpha value is -2.01. The van der Waals surface area contributed by atoms with Crippen LogP contribution in [-0.2, 0) is 6.54 Å². The molecule has 2 aromatic rings. The zero-order valence-electron chi connectivity index (χ0n) is 9.35. The van der Waals surface area contributed by atoms with Crippen molar-refractivity contribution in [3.63, 3.8) is 0 Å². The monoisotopic (exact) mass is 233 g/mol. The van der Waals surface area contributed by atoms with Crippen LogP contribution in [0.25, 0.3) is 0 Å². The van der Waals surface area contributed by atoms with E-state index in [4.69, 9.17) is 10.5 Å². The molecule has 0 unspecified atom stereocenters. The van der Waals surface area contributed by atoms with Gasteiger partial charge in [0.2, 0.25) is 5.88 Å². The maximum absolute atomic E-state index is 13.5. The molecule has 4 nitrogen and oxygen atoms in total. The molecule has 2 N–H and O–H groups in total. The molecule has 0 aliphatic carbocycles. The SMILES string of the molecule is Cc1nccnc1Oc1cccc(F)c1CN. The highest BCUT2D eigenvalue weighted by Crippen LogP contribution is 2.26. The van der Waals surface area contributed by atoms with E-state index in [2.05, 4.69) is 9.97 Å². The summed E-state index contributed by atoms with van der Waals surface area (Å²) in [6.45, 7) is 1.84.